The summed E-state index contributed by atoms with van der Waals surface area (Å²) in [6, 6.07) is 16.2. The number of aliphatic hydroxyl groups excluding tert-OH is 1. The quantitative estimate of drug-likeness (QED) is 0.746. The number of nitrogens with zero attached hydrogens (tertiary/aromatic N) is 3. The number of rotatable bonds is 6. The van der Waals surface area contributed by atoms with Gasteiger partial charge in [0.25, 0.3) is 0 Å². The van der Waals surface area contributed by atoms with Crippen molar-refractivity contribution in [1.29, 1.82) is 0 Å². The number of fused-ring (bicyclic) bond motifs is 1. The van der Waals surface area contributed by atoms with Crippen LogP contribution in [-0.2, 0) is 0 Å². The molecule has 0 unspecified atom stereocenters. The van der Waals surface area contributed by atoms with E-state index in [1.165, 1.54) is 0 Å². The topological polar surface area (TPSA) is 58.5 Å². The smallest absolute Gasteiger partial charge is 0.159 e. The second kappa shape index (κ2) is 7.49. The second-order valence-electron chi connectivity index (χ2n) is 6.16. The minimum absolute atomic E-state index is 0.0778. The van der Waals surface area contributed by atoms with Gasteiger partial charge in [-0.25, -0.2) is 0 Å². The summed E-state index contributed by atoms with van der Waals surface area (Å²) in [6.45, 7) is 4.78. The summed E-state index contributed by atoms with van der Waals surface area (Å²) < 4.78 is 5.23. The maximum absolute atomic E-state index is 9.40. The van der Waals surface area contributed by atoms with Gasteiger partial charge in [-0.2, -0.15) is 0 Å². The molecule has 0 aliphatic carbocycles. The molecule has 0 amide bonds. The van der Waals surface area contributed by atoms with Crippen molar-refractivity contribution in [2.75, 3.05) is 25.2 Å². The van der Waals surface area contributed by atoms with Crippen LogP contribution in [0.25, 0.3) is 22.0 Å². The molecule has 130 valence electrons. The lowest BCUT2D eigenvalue weighted by molar-refractivity contribution is 0.298. The molecule has 0 bridgehead atoms. The van der Waals surface area contributed by atoms with Crippen LogP contribution in [0.15, 0.2) is 48.5 Å². The highest BCUT2D eigenvalue weighted by Crippen LogP contribution is 2.32. The molecule has 0 aliphatic heterocycles. The summed E-state index contributed by atoms with van der Waals surface area (Å²) in [7, 11) is 1.65. The first-order valence-electron chi connectivity index (χ1n) is 8.43. The van der Waals surface area contributed by atoms with Gasteiger partial charge in [0.05, 0.1) is 13.7 Å². The molecule has 0 spiro atoms. The van der Waals surface area contributed by atoms with Crippen LogP contribution >= 0.6 is 0 Å². The molecule has 3 rings (SSSR count). The van der Waals surface area contributed by atoms with E-state index < -0.39 is 0 Å². The Balaban J connectivity index is 2.15. The zero-order valence-electron chi connectivity index (χ0n) is 14.8. The highest BCUT2D eigenvalue weighted by Gasteiger charge is 2.17. The first-order chi connectivity index (χ1) is 12.2. The fourth-order valence-electron chi connectivity index (χ4n) is 2.98. The predicted octanol–water partition coefficient (Wildman–Crippen LogP) is 3.51. The van der Waals surface area contributed by atoms with Crippen LogP contribution in [0, 0.1) is 0 Å². The van der Waals surface area contributed by atoms with Crippen LogP contribution in [0.1, 0.15) is 13.8 Å². The molecule has 1 N–H and O–H groups in total. The lowest BCUT2D eigenvalue weighted by Gasteiger charge is -2.28. The van der Waals surface area contributed by atoms with Crippen molar-refractivity contribution >= 4 is 16.6 Å². The molecule has 0 saturated heterocycles. The fraction of sp³-hybridized carbons (Fsp3) is 0.300. The minimum atomic E-state index is 0.0778. The van der Waals surface area contributed by atoms with Gasteiger partial charge in [-0.05, 0) is 38.1 Å². The monoisotopic (exact) mass is 337 g/mol. The maximum Gasteiger partial charge on any atom is 0.159 e. The standard InChI is InChI=1S/C20H23N3O2/c1-14(2)23(12-13-24)20-18-7-5-4-6-17(18)19(21-22-20)15-8-10-16(25-3)11-9-15/h4-11,14,24H,12-13H2,1-3H3. The van der Waals surface area contributed by atoms with Gasteiger partial charge in [-0.1, -0.05) is 24.3 Å². The molecule has 5 heteroatoms. The van der Waals surface area contributed by atoms with Crippen LogP contribution in [0.2, 0.25) is 0 Å². The van der Waals surface area contributed by atoms with Crippen LogP contribution < -0.4 is 9.64 Å². The largest absolute Gasteiger partial charge is 0.497 e. The molecule has 0 atom stereocenters. The van der Waals surface area contributed by atoms with Gasteiger partial charge >= 0.3 is 0 Å². The molecular formula is C20H23N3O2. The summed E-state index contributed by atoms with van der Waals surface area (Å²) in [6.07, 6.45) is 0. The van der Waals surface area contributed by atoms with Gasteiger partial charge in [-0.15, -0.1) is 10.2 Å². The van der Waals surface area contributed by atoms with Crippen LogP contribution in [0.4, 0.5) is 5.82 Å². The lowest BCUT2D eigenvalue weighted by Crippen LogP contribution is -2.34. The molecule has 0 radical (unpaired) electrons. The molecule has 1 aromatic heterocycles. The van der Waals surface area contributed by atoms with Gasteiger partial charge < -0.3 is 14.7 Å². The highest BCUT2D eigenvalue weighted by atomic mass is 16.5. The van der Waals surface area contributed by atoms with Crippen LogP contribution in [-0.4, -0.2) is 41.6 Å². The van der Waals surface area contributed by atoms with Crippen molar-refractivity contribution in [3.63, 3.8) is 0 Å². The Labute approximate surface area is 147 Å². The number of hydrogen-bond donors (Lipinski definition) is 1. The molecule has 5 nitrogen and oxygen atoms in total. The number of ether oxygens (including phenoxy) is 1. The van der Waals surface area contributed by atoms with Crippen molar-refractivity contribution < 1.29 is 9.84 Å². The Bertz CT molecular complexity index is 847. The third kappa shape index (κ3) is 3.42. The first-order valence-corrected chi connectivity index (χ1v) is 8.43. The van der Waals surface area contributed by atoms with E-state index in [0.29, 0.717) is 6.54 Å². The zero-order valence-corrected chi connectivity index (χ0v) is 14.8. The third-order valence-corrected chi connectivity index (χ3v) is 4.27. The van der Waals surface area contributed by atoms with E-state index in [-0.39, 0.29) is 12.6 Å². The molecule has 0 aliphatic rings. The highest BCUT2D eigenvalue weighted by molar-refractivity contribution is 6.00. The fourth-order valence-corrected chi connectivity index (χ4v) is 2.98. The molecular weight excluding hydrogens is 314 g/mol. The SMILES string of the molecule is COc1ccc(-c2nnc(N(CCO)C(C)C)c3ccccc23)cc1. The Morgan fingerprint density at radius 3 is 2.28 bits per heavy atom. The maximum atomic E-state index is 9.40. The molecule has 0 fully saturated rings. The minimum Gasteiger partial charge on any atom is -0.497 e. The van der Waals surface area contributed by atoms with Gasteiger partial charge in [0.15, 0.2) is 5.82 Å². The van der Waals surface area contributed by atoms with E-state index in [2.05, 4.69) is 41.1 Å². The normalized spacial score (nSPS) is 11.1. The molecule has 0 saturated carbocycles. The zero-order chi connectivity index (χ0) is 17.8. The Kier molecular flexibility index (Phi) is 5.14. The number of aliphatic hydroxyl groups is 1. The van der Waals surface area contributed by atoms with E-state index in [4.69, 9.17) is 4.74 Å². The first kappa shape index (κ1) is 17.2. The summed E-state index contributed by atoms with van der Waals surface area (Å²) in [4.78, 5) is 2.08. The molecule has 25 heavy (non-hydrogen) atoms. The van der Waals surface area contributed by atoms with Crippen molar-refractivity contribution in [3.8, 4) is 17.0 Å². The van der Waals surface area contributed by atoms with E-state index in [1.54, 1.807) is 7.11 Å². The van der Waals surface area contributed by atoms with Crippen LogP contribution in [0.3, 0.4) is 0 Å². The number of hydrogen-bond acceptors (Lipinski definition) is 5. The van der Waals surface area contributed by atoms with Gasteiger partial charge in [0.1, 0.15) is 11.4 Å². The Morgan fingerprint density at radius 2 is 1.68 bits per heavy atom. The average molecular weight is 337 g/mol. The average Bonchev–Trinajstić information content (AvgIpc) is 2.65. The third-order valence-electron chi connectivity index (χ3n) is 4.27. The van der Waals surface area contributed by atoms with Crippen molar-refractivity contribution in [1.82, 2.24) is 10.2 Å². The van der Waals surface area contributed by atoms with E-state index >= 15 is 0 Å². The van der Waals surface area contributed by atoms with Gasteiger partial charge in [0.2, 0.25) is 0 Å². The second-order valence-corrected chi connectivity index (χ2v) is 6.16. The summed E-state index contributed by atoms with van der Waals surface area (Å²) in [5.41, 5.74) is 1.84. The number of methoxy groups -OCH3 is 1. The van der Waals surface area contributed by atoms with E-state index in [9.17, 15) is 5.11 Å². The van der Waals surface area contributed by atoms with Crippen LogP contribution in [0.5, 0.6) is 5.75 Å². The summed E-state index contributed by atoms with van der Waals surface area (Å²) >= 11 is 0. The molecule has 2 aromatic carbocycles. The van der Waals surface area contributed by atoms with Crippen molar-refractivity contribution in [2.45, 2.75) is 19.9 Å². The Hall–Kier alpha value is -2.66. The van der Waals surface area contributed by atoms with Crippen molar-refractivity contribution in [3.05, 3.63) is 48.5 Å². The van der Waals surface area contributed by atoms with E-state index in [0.717, 1.165) is 33.6 Å². The lowest BCUT2D eigenvalue weighted by atomic mass is 10.0. The summed E-state index contributed by atoms with van der Waals surface area (Å²) in [5.74, 6) is 1.61. The predicted molar refractivity (Wildman–Crippen MR) is 101 cm³/mol. The van der Waals surface area contributed by atoms with E-state index in [1.807, 2.05) is 36.4 Å². The number of aromatic nitrogens is 2. The summed E-state index contributed by atoms with van der Waals surface area (Å²) in [5, 5.41) is 20.5. The molecule has 1 heterocycles. The Morgan fingerprint density at radius 1 is 1.00 bits per heavy atom. The van der Waals surface area contributed by atoms with Gasteiger partial charge in [0, 0.05) is 28.9 Å². The van der Waals surface area contributed by atoms with Gasteiger partial charge in [-0.3, -0.25) is 0 Å². The molecule has 3 aromatic rings. The van der Waals surface area contributed by atoms with Crippen molar-refractivity contribution in [2.24, 2.45) is 0 Å². The number of anilines is 1. The number of benzene rings is 2.